The predicted molar refractivity (Wildman–Crippen MR) is 54.6 cm³/mol. The molecule has 0 bridgehead atoms. The van der Waals surface area contributed by atoms with Crippen molar-refractivity contribution in [2.45, 2.75) is 13.8 Å². The summed E-state index contributed by atoms with van der Waals surface area (Å²) in [7, 11) is 0. The fourth-order valence-electron chi connectivity index (χ4n) is 1.23. The van der Waals surface area contributed by atoms with Gasteiger partial charge >= 0.3 is 0 Å². The van der Waals surface area contributed by atoms with Crippen LogP contribution in [0.1, 0.15) is 11.1 Å². The van der Waals surface area contributed by atoms with Crippen molar-refractivity contribution in [1.82, 2.24) is 0 Å². The average Bonchev–Trinajstić information content (AvgIpc) is 2.11. The molecule has 1 rings (SSSR count). The van der Waals surface area contributed by atoms with Crippen LogP contribution < -0.4 is 5.73 Å². The molecule has 6 heteroatoms. The minimum absolute atomic E-state index is 0.00595. The van der Waals surface area contributed by atoms with Crippen molar-refractivity contribution in [1.29, 1.82) is 0 Å². The molecule has 0 aliphatic heterocycles. The van der Waals surface area contributed by atoms with E-state index < -0.39 is 10.7 Å². The minimum atomic E-state index is -0.681. The predicted octanol–water partition coefficient (Wildman–Crippen LogP) is 2.70. The molecule has 0 aromatic heterocycles. The van der Waals surface area contributed by atoms with Crippen LogP contribution in [0.2, 0.25) is 0 Å². The fourth-order valence-corrected chi connectivity index (χ4v) is 1.83. The first kappa shape index (κ1) is 10.9. The summed E-state index contributed by atoms with van der Waals surface area (Å²) in [5.41, 5.74) is 5.58. The molecule has 1 aromatic rings. The van der Waals surface area contributed by atoms with E-state index in [1.54, 1.807) is 0 Å². The second kappa shape index (κ2) is 3.53. The van der Waals surface area contributed by atoms with Crippen molar-refractivity contribution < 1.29 is 9.31 Å². The number of hydrogen-bond acceptors (Lipinski definition) is 3. The number of hydrogen-bond donors (Lipinski definition) is 1. The maximum absolute atomic E-state index is 13.4. The summed E-state index contributed by atoms with van der Waals surface area (Å²) in [6, 6.07) is 0. The molecule has 0 saturated carbocycles. The van der Waals surface area contributed by atoms with E-state index in [1.165, 1.54) is 13.8 Å². The molecule has 0 heterocycles. The van der Waals surface area contributed by atoms with Gasteiger partial charge in [0.05, 0.1) is 26.2 Å². The normalized spacial score (nSPS) is 10.3. The Morgan fingerprint density at radius 3 is 2.36 bits per heavy atom. The van der Waals surface area contributed by atoms with Crippen molar-refractivity contribution >= 4 is 27.3 Å². The third kappa shape index (κ3) is 1.45. The van der Waals surface area contributed by atoms with Gasteiger partial charge in [0.15, 0.2) is 0 Å². The monoisotopic (exact) mass is 262 g/mol. The van der Waals surface area contributed by atoms with Gasteiger partial charge in [-0.2, -0.15) is 0 Å². The Morgan fingerprint density at radius 1 is 1.43 bits per heavy atom. The van der Waals surface area contributed by atoms with Gasteiger partial charge in [0, 0.05) is 0 Å². The molecule has 0 radical (unpaired) electrons. The van der Waals surface area contributed by atoms with Gasteiger partial charge in [0.25, 0.3) is 5.69 Å². The zero-order valence-electron chi connectivity index (χ0n) is 7.60. The number of nitro groups is 1. The van der Waals surface area contributed by atoms with Crippen molar-refractivity contribution in [3.05, 3.63) is 31.5 Å². The summed E-state index contributed by atoms with van der Waals surface area (Å²) in [6.07, 6.45) is 0. The van der Waals surface area contributed by atoms with Crippen LogP contribution in [0.25, 0.3) is 0 Å². The minimum Gasteiger partial charge on any atom is -0.397 e. The van der Waals surface area contributed by atoms with Gasteiger partial charge in [-0.05, 0) is 29.8 Å². The van der Waals surface area contributed by atoms with E-state index in [4.69, 9.17) is 5.73 Å². The quantitative estimate of drug-likeness (QED) is 0.481. The number of halogens is 2. The summed E-state index contributed by atoms with van der Waals surface area (Å²) in [6.45, 7) is 2.84. The molecule has 0 fully saturated rings. The molecule has 0 unspecified atom stereocenters. The van der Waals surface area contributed by atoms with Gasteiger partial charge < -0.3 is 5.73 Å². The van der Waals surface area contributed by atoms with Gasteiger partial charge in [0.2, 0.25) is 0 Å². The second-order valence-electron chi connectivity index (χ2n) is 2.90. The van der Waals surface area contributed by atoms with Crippen LogP contribution in [-0.2, 0) is 0 Å². The van der Waals surface area contributed by atoms with E-state index in [2.05, 4.69) is 15.9 Å². The van der Waals surface area contributed by atoms with Gasteiger partial charge in [0.1, 0.15) is 5.82 Å². The lowest BCUT2D eigenvalue weighted by Crippen LogP contribution is -2.03. The highest BCUT2D eigenvalue weighted by molar-refractivity contribution is 9.10. The highest BCUT2D eigenvalue weighted by Gasteiger charge is 2.23. The number of nitro benzene ring substituents is 1. The van der Waals surface area contributed by atoms with Crippen LogP contribution in [0, 0.1) is 29.8 Å². The third-order valence-electron chi connectivity index (χ3n) is 2.06. The van der Waals surface area contributed by atoms with Crippen LogP contribution in [0.3, 0.4) is 0 Å². The smallest absolute Gasteiger partial charge is 0.280 e. The molecular formula is C8H8BrFN2O2. The van der Waals surface area contributed by atoms with Gasteiger partial charge in [-0.3, -0.25) is 10.1 Å². The lowest BCUT2D eigenvalue weighted by molar-refractivity contribution is -0.386. The van der Waals surface area contributed by atoms with Crippen molar-refractivity contribution in [2.24, 2.45) is 0 Å². The highest BCUT2D eigenvalue weighted by Crippen LogP contribution is 2.36. The largest absolute Gasteiger partial charge is 0.397 e. The molecule has 0 saturated heterocycles. The Kier molecular flexibility index (Phi) is 2.75. The Labute approximate surface area is 88.2 Å². The van der Waals surface area contributed by atoms with Crippen molar-refractivity contribution in [2.75, 3.05) is 5.73 Å². The third-order valence-corrected chi connectivity index (χ3v) is 2.83. The van der Waals surface area contributed by atoms with Crippen LogP contribution in [-0.4, -0.2) is 4.92 Å². The van der Waals surface area contributed by atoms with Gasteiger partial charge in [-0.1, -0.05) is 0 Å². The SMILES string of the molecule is Cc1c(N)c(Br)c(F)c(C)c1[N+](=O)[O-]. The van der Waals surface area contributed by atoms with E-state index in [1.807, 2.05) is 0 Å². The summed E-state index contributed by atoms with van der Waals surface area (Å²) in [4.78, 5) is 10.00. The first-order valence-electron chi connectivity index (χ1n) is 3.76. The van der Waals surface area contributed by atoms with Crippen molar-refractivity contribution in [3.8, 4) is 0 Å². The average molecular weight is 263 g/mol. The molecule has 2 N–H and O–H groups in total. The van der Waals surface area contributed by atoms with E-state index in [9.17, 15) is 14.5 Å². The molecule has 14 heavy (non-hydrogen) atoms. The summed E-state index contributed by atoms with van der Waals surface area (Å²) in [5, 5.41) is 10.6. The van der Waals surface area contributed by atoms with Gasteiger partial charge in [-0.25, -0.2) is 4.39 Å². The number of anilines is 1. The molecule has 0 aliphatic carbocycles. The summed E-state index contributed by atoms with van der Waals surface area (Å²) < 4.78 is 13.4. The topological polar surface area (TPSA) is 69.2 Å². The van der Waals surface area contributed by atoms with E-state index in [0.717, 1.165) is 0 Å². The van der Waals surface area contributed by atoms with Crippen LogP contribution >= 0.6 is 15.9 Å². The lowest BCUT2D eigenvalue weighted by atomic mass is 10.1. The van der Waals surface area contributed by atoms with Crippen LogP contribution in [0.4, 0.5) is 15.8 Å². The molecule has 0 aliphatic rings. The Balaban J connectivity index is 3.68. The standard InChI is InChI=1S/C8H8BrFN2O2/c1-3-6(10)5(9)7(11)4(2)8(3)12(13)14/h11H2,1-2H3. The maximum Gasteiger partial charge on any atom is 0.280 e. The number of nitrogen functional groups attached to an aromatic ring is 1. The van der Waals surface area contributed by atoms with Crippen molar-refractivity contribution in [3.63, 3.8) is 0 Å². The Hall–Kier alpha value is -1.17. The number of benzene rings is 1. The first-order valence-corrected chi connectivity index (χ1v) is 4.55. The molecule has 0 spiro atoms. The summed E-state index contributed by atoms with van der Waals surface area (Å²) in [5.74, 6) is -0.681. The number of nitrogens with zero attached hydrogens (tertiary/aromatic N) is 1. The Morgan fingerprint density at radius 2 is 1.93 bits per heavy atom. The molecule has 0 atom stereocenters. The number of nitrogens with two attached hydrogens (primary N) is 1. The first-order chi connectivity index (χ1) is 6.37. The molecular weight excluding hydrogens is 255 g/mol. The summed E-state index contributed by atoms with van der Waals surface area (Å²) >= 11 is 2.94. The van der Waals surface area contributed by atoms with Crippen LogP contribution in [0.5, 0.6) is 0 Å². The lowest BCUT2D eigenvalue weighted by Gasteiger charge is -2.08. The van der Waals surface area contributed by atoms with Gasteiger partial charge in [-0.15, -0.1) is 0 Å². The number of rotatable bonds is 1. The molecule has 76 valence electrons. The molecule has 0 amide bonds. The second-order valence-corrected chi connectivity index (χ2v) is 3.69. The van der Waals surface area contributed by atoms with Crippen LogP contribution in [0.15, 0.2) is 4.47 Å². The Bertz CT molecular complexity index is 391. The van der Waals surface area contributed by atoms with E-state index in [0.29, 0.717) is 0 Å². The fraction of sp³-hybridized carbons (Fsp3) is 0.250. The molecule has 1 aromatic carbocycles. The van der Waals surface area contributed by atoms with E-state index >= 15 is 0 Å². The molecule has 4 nitrogen and oxygen atoms in total. The maximum atomic E-state index is 13.4. The van der Waals surface area contributed by atoms with E-state index in [-0.39, 0.29) is 27.0 Å². The zero-order chi connectivity index (χ0) is 11.0. The zero-order valence-corrected chi connectivity index (χ0v) is 9.18. The highest BCUT2D eigenvalue weighted by atomic mass is 79.9.